The Labute approximate surface area is 80.7 Å². The monoisotopic (exact) mass is 206 g/mol. The Kier molecular flexibility index (Phi) is 4.58. The van der Waals surface area contributed by atoms with Gasteiger partial charge in [-0.25, -0.2) is 0 Å². The zero-order chi connectivity index (χ0) is 11.5. The van der Waals surface area contributed by atoms with Crippen LogP contribution in [0.25, 0.3) is 0 Å². The van der Waals surface area contributed by atoms with Gasteiger partial charge < -0.3 is 30.6 Å². The van der Waals surface area contributed by atoms with Gasteiger partial charge in [-0.1, -0.05) is 13.2 Å². The van der Waals surface area contributed by atoms with Gasteiger partial charge in [0.05, 0.1) is 0 Å². The first-order chi connectivity index (χ1) is 6.29. The molecule has 0 rings (SSSR count). The molecular weight excluding hydrogens is 192 g/mol. The SMILES string of the molecule is C=C(O)C(O)C(O)C(O)C(O)C(=C)O. The van der Waals surface area contributed by atoms with Crippen LogP contribution in [0, 0.1) is 0 Å². The summed E-state index contributed by atoms with van der Waals surface area (Å²) in [5, 5.41) is 53.7. The molecule has 0 spiro atoms. The lowest BCUT2D eigenvalue weighted by Crippen LogP contribution is -2.45. The predicted octanol–water partition coefficient (Wildman–Crippen LogP) is -1.43. The van der Waals surface area contributed by atoms with E-state index < -0.39 is 35.9 Å². The Bertz CT molecular complexity index is 202. The molecule has 0 radical (unpaired) electrons. The minimum atomic E-state index is -1.87. The Morgan fingerprint density at radius 2 is 0.929 bits per heavy atom. The van der Waals surface area contributed by atoms with Crippen LogP contribution in [0.4, 0.5) is 0 Å². The van der Waals surface area contributed by atoms with Crippen LogP contribution in [0.3, 0.4) is 0 Å². The van der Waals surface area contributed by atoms with Crippen molar-refractivity contribution in [1.29, 1.82) is 0 Å². The molecule has 6 heteroatoms. The van der Waals surface area contributed by atoms with Gasteiger partial charge in [0.2, 0.25) is 0 Å². The van der Waals surface area contributed by atoms with Crippen molar-refractivity contribution in [3.63, 3.8) is 0 Å². The average molecular weight is 206 g/mol. The Morgan fingerprint density at radius 3 is 1.07 bits per heavy atom. The lowest BCUT2D eigenvalue weighted by Gasteiger charge is -2.25. The molecule has 4 atom stereocenters. The second-order valence-electron chi connectivity index (χ2n) is 2.85. The third-order valence-electron chi connectivity index (χ3n) is 1.68. The molecule has 0 saturated heterocycles. The van der Waals surface area contributed by atoms with Crippen molar-refractivity contribution in [2.24, 2.45) is 0 Å². The van der Waals surface area contributed by atoms with Gasteiger partial charge in [0.1, 0.15) is 35.9 Å². The summed E-state index contributed by atoms with van der Waals surface area (Å²) < 4.78 is 0. The van der Waals surface area contributed by atoms with Gasteiger partial charge >= 0.3 is 0 Å². The van der Waals surface area contributed by atoms with Gasteiger partial charge in [-0.2, -0.15) is 0 Å². The highest BCUT2D eigenvalue weighted by Crippen LogP contribution is 2.12. The molecule has 0 aromatic rings. The highest BCUT2D eigenvalue weighted by atomic mass is 16.4. The van der Waals surface area contributed by atoms with Crippen LogP contribution < -0.4 is 0 Å². The highest BCUT2D eigenvalue weighted by Gasteiger charge is 2.33. The van der Waals surface area contributed by atoms with Gasteiger partial charge in [-0.15, -0.1) is 0 Å². The van der Waals surface area contributed by atoms with E-state index in [0.29, 0.717) is 0 Å². The summed E-state index contributed by atoms with van der Waals surface area (Å²) in [6.07, 6.45) is -7.35. The molecule has 0 amide bonds. The summed E-state index contributed by atoms with van der Waals surface area (Å²) >= 11 is 0. The van der Waals surface area contributed by atoms with Crippen LogP contribution in [0.15, 0.2) is 24.7 Å². The molecule has 0 aliphatic carbocycles. The summed E-state index contributed by atoms with van der Waals surface area (Å²) in [6.45, 7) is 5.86. The third-order valence-corrected chi connectivity index (χ3v) is 1.68. The summed E-state index contributed by atoms with van der Waals surface area (Å²) in [5.74, 6) is -1.51. The molecule has 0 aromatic heterocycles. The van der Waals surface area contributed by atoms with Gasteiger partial charge in [0.25, 0.3) is 0 Å². The van der Waals surface area contributed by atoms with E-state index in [4.69, 9.17) is 30.6 Å². The summed E-state index contributed by atoms with van der Waals surface area (Å²) in [4.78, 5) is 0. The first-order valence-corrected chi connectivity index (χ1v) is 3.76. The van der Waals surface area contributed by atoms with Crippen molar-refractivity contribution in [3.05, 3.63) is 24.7 Å². The van der Waals surface area contributed by atoms with Crippen LogP contribution in [0.1, 0.15) is 0 Å². The molecule has 0 aromatic carbocycles. The first kappa shape index (κ1) is 12.9. The first-order valence-electron chi connectivity index (χ1n) is 3.76. The largest absolute Gasteiger partial charge is 0.510 e. The standard InChI is InChI=1S/C8H14O6/c1-3(9)5(11)7(13)8(14)6(12)4(2)10/h5-14H,1-2H2. The molecule has 4 unspecified atom stereocenters. The number of aliphatic hydroxyl groups excluding tert-OH is 6. The minimum Gasteiger partial charge on any atom is -0.510 e. The minimum absolute atomic E-state index is 0.757. The maximum absolute atomic E-state index is 9.14. The van der Waals surface area contributed by atoms with Gasteiger partial charge in [0, 0.05) is 0 Å². The molecule has 82 valence electrons. The predicted molar refractivity (Wildman–Crippen MR) is 47.6 cm³/mol. The third kappa shape index (κ3) is 3.00. The zero-order valence-electron chi connectivity index (χ0n) is 7.41. The van der Waals surface area contributed by atoms with E-state index in [1.165, 1.54) is 0 Å². The molecule has 0 saturated carbocycles. The van der Waals surface area contributed by atoms with Crippen molar-refractivity contribution in [2.45, 2.75) is 24.4 Å². The van der Waals surface area contributed by atoms with Crippen LogP contribution >= 0.6 is 0 Å². The average Bonchev–Trinajstić information content (AvgIpc) is 2.12. The van der Waals surface area contributed by atoms with E-state index in [1.54, 1.807) is 0 Å². The second-order valence-corrected chi connectivity index (χ2v) is 2.85. The molecule has 0 bridgehead atoms. The van der Waals surface area contributed by atoms with Gasteiger partial charge in [0.15, 0.2) is 0 Å². The van der Waals surface area contributed by atoms with Crippen LogP contribution in [-0.2, 0) is 0 Å². The molecule has 14 heavy (non-hydrogen) atoms. The fraction of sp³-hybridized carbons (Fsp3) is 0.500. The van der Waals surface area contributed by atoms with E-state index in [9.17, 15) is 0 Å². The van der Waals surface area contributed by atoms with Crippen LogP contribution in [0.2, 0.25) is 0 Å². The number of rotatable bonds is 5. The Hall–Kier alpha value is -1.08. The number of aliphatic hydroxyl groups is 6. The normalized spacial score (nSPS) is 19.4. The van der Waals surface area contributed by atoms with E-state index in [0.717, 1.165) is 0 Å². The molecule has 0 aliphatic rings. The lowest BCUT2D eigenvalue weighted by atomic mass is 10.0. The molecule has 6 nitrogen and oxygen atoms in total. The molecule has 0 fully saturated rings. The molecular formula is C8H14O6. The van der Waals surface area contributed by atoms with Crippen molar-refractivity contribution in [3.8, 4) is 0 Å². The number of hydrogen-bond acceptors (Lipinski definition) is 6. The molecule has 0 heterocycles. The van der Waals surface area contributed by atoms with Gasteiger partial charge in [-0.05, 0) is 0 Å². The quantitative estimate of drug-likeness (QED) is 0.307. The second kappa shape index (κ2) is 4.97. The number of hydrogen-bond donors (Lipinski definition) is 6. The highest BCUT2D eigenvalue weighted by molar-refractivity contribution is 5.02. The van der Waals surface area contributed by atoms with E-state index in [2.05, 4.69) is 13.2 Å². The topological polar surface area (TPSA) is 121 Å². The maximum Gasteiger partial charge on any atom is 0.139 e. The van der Waals surface area contributed by atoms with Crippen molar-refractivity contribution in [2.75, 3.05) is 0 Å². The van der Waals surface area contributed by atoms with Crippen LogP contribution in [-0.4, -0.2) is 55.1 Å². The summed E-state index contributed by atoms with van der Waals surface area (Å²) in [5.41, 5.74) is 0. The van der Waals surface area contributed by atoms with E-state index >= 15 is 0 Å². The van der Waals surface area contributed by atoms with Gasteiger partial charge in [-0.3, -0.25) is 0 Å². The fourth-order valence-electron chi connectivity index (χ4n) is 0.768. The smallest absolute Gasteiger partial charge is 0.139 e. The van der Waals surface area contributed by atoms with E-state index in [1.807, 2.05) is 0 Å². The molecule has 0 aliphatic heterocycles. The van der Waals surface area contributed by atoms with Crippen LogP contribution in [0.5, 0.6) is 0 Å². The molecule has 6 N–H and O–H groups in total. The van der Waals surface area contributed by atoms with Crippen molar-refractivity contribution in [1.82, 2.24) is 0 Å². The Morgan fingerprint density at radius 1 is 0.714 bits per heavy atom. The maximum atomic E-state index is 9.14. The van der Waals surface area contributed by atoms with Crippen molar-refractivity contribution < 1.29 is 30.6 Å². The summed E-state index contributed by atoms with van der Waals surface area (Å²) in [7, 11) is 0. The summed E-state index contributed by atoms with van der Waals surface area (Å²) in [6, 6.07) is 0. The van der Waals surface area contributed by atoms with E-state index in [-0.39, 0.29) is 0 Å². The fourth-order valence-corrected chi connectivity index (χ4v) is 0.768. The van der Waals surface area contributed by atoms with Crippen molar-refractivity contribution >= 4 is 0 Å². The lowest BCUT2D eigenvalue weighted by molar-refractivity contribution is -0.100. The Balaban J connectivity index is 4.45. The zero-order valence-corrected chi connectivity index (χ0v) is 7.41.